The fraction of sp³-hybridized carbons (Fsp3) is 0.143. The van der Waals surface area contributed by atoms with Gasteiger partial charge in [0.05, 0.1) is 23.3 Å². The van der Waals surface area contributed by atoms with E-state index in [0.717, 1.165) is 15.6 Å². The van der Waals surface area contributed by atoms with Crippen molar-refractivity contribution in [1.29, 1.82) is 0 Å². The number of hydrogen-bond donors (Lipinski definition) is 3. The first kappa shape index (κ1) is 13.8. The van der Waals surface area contributed by atoms with Crippen LogP contribution in [-0.2, 0) is 0 Å². The van der Waals surface area contributed by atoms with E-state index >= 15 is 0 Å². The number of phenols is 1. The van der Waals surface area contributed by atoms with E-state index in [1.54, 1.807) is 41.3 Å². The predicted octanol–water partition coefficient (Wildman–Crippen LogP) is 2.34. The lowest BCUT2D eigenvalue weighted by molar-refractivity contribution is 0.276. The van der Waals surface area contributed by atoms with Gasteiger partial charge in [-0.3, -0.25) is 0 Å². The zero-order chi connectivity index (χ0) is 14.8. The number of aromatic hydroxyl groups is 1. The molecule has 0 bridgehead atoms. The largest absolute Gasteiger partial charge is 0.508 e. The molecule has 0 saturated carbocycles. The lowest BCUT2D eigenvalue weighted by atomic mass is 10.1. The van der Waals surface area contributed by atoms with Gasteiger partial charge in [0.15, 0.2) is 5.82 Å². The van der Waals surface area contributed by atoms with Crippen LogP contribution in [0, 0.1) is 0 Å². The highest BCUT2D eigenvalue weighted by Crippen LogP contribution is 2.27. The molecule has 1 atom stereocenters. The Kier molecular flexibility index (Phi) is 3.76. The van der Waals surface area contributed by atoms with Gasteiger partial charge in [-0.25, -0.2) is 9.50 Å². The topological polar surface area (TPSA) is 82.7 Å². The molecule has 1 aromatic carbocycles. The highest BCUT2D eigenvalue weighted by molar-refractivity contribution is 9.10. The molecule has 0 amide bonds. The van der Waals surface area contributed by atoms with E-state index in [0.29, 0.717) is 5.82 Å². The smallest absolute Gasteiger partial charge is 0.153 e. The van der Waals surface area contributed by atoms with Gasteiger partial charge in [-0.05, 0) is 33.6 Å². The molecule has 6 nitrogen and oxygen atoms in total. The summed E-state index contributed by atoms with van der Waals surface area (Å²) in [5.74, 6) is 0.758. The molecule has 3 N–H and O–H groups in total. The van der Waals surface area contributed by atoms with E-state index in [4.69, 9.17) is 0 Å². The monoisotopic (exact) mass is 348 g/mol. The maximum Gasteiger partial charge on any atom is 0.153 e. The van der Waals surface area contributed by atoms with Crippen LogP contribution in [0.1, 0.15) is 11.6 Å². The molecule has 2 aromatic heterocycles. The summed E-state index contributed by atoms with van der Waals surface area (Å²) in [5, 5.41) is 26.5. The molecule has 3 rings (SSSR count). The summed E-state index contributed by atoms with van der Waals surface area (Å²) in [6.45, 7) is -0.127. The maximum absolute atomic E-state index is 9.62. The van der Waals surface area contributed by atoms with E-state index in [9.17, 15) is 10.2 Å². The number of fused-ring (bicyclic) bond motifs is 1. The van der Waals surface area contributed by atoms with Gasteiger partial charge >= 0.3 is 0 Å². The number of benzene rings is 1. The number of anilines is 1. The number of aromatic nitrogens is 3. The summed E-state index contributed by atoms with van der Waals surface area (Å²) in [5.41, 5.74) is 1.56. The Hall–Kier alpha value is -2.12. The Morgan fingerprint density at radius 2 is 2.24 bits per heavy atom. The predicted molar refractivity (Wildman–Crippen MR) is 82.2 cm³/mol. The van der Waals surface area contributed by atoms with Crippen molar-refractivity contribution in [2.45, 2.75) is 6.04 Å². The maximum atomic E-state index is 9.62. The van der Waals surface area contributed by atoms with Crippen molar-refractivity contribution in [1.82, 2.24) is 14.6 Å². The Labute approximate surface area is 129 Å². The average Bonchev–Trinajstić information content (AvgIpc) is 2.87. The van der Waals surface area contributed by atoms with Crippen LogP contribution >= 0.6 is 15.9 Å². The van der Waals surface area contributed by atoms with Gasteiger partial charge in [0.1, 0.15) is 11.3 Å². The van der Waals surface area contributed by atoms with Gasteiger partial charge < -0.3 is 15.5 Å². The molecule has 7 heteroatoms. The van der Waals surface area contributed by atoms with Crippen LogP contribution in [0.5, 0.6) is 5.75 Å². The van der Waals surface area contributed by atoms with Gasteiger partial charge in [0.25, 0.3) is 0 Å². The van der Waals surface area contributed by atoms with Gasteiger partial charge in [-0.2, -0.15) is 5.10 Å². The van der Waals surface area contributed by atoms with E-state index in [-0.39, 0.29) is 18.4 Å². The second-order valence-corrected chi connectivity index (χ2v) is 5.39. The van der Waals surface area contributed by atoms with Crippen LogP contribution in [-0.4, -0.2) is 31.4 Å². The van der Waals surface area contributed by atoms with Crippen molar-refractivity contribution in [3.63, 3.8) is 0 Å². The zero-order valence-electron chi connectivity index (χ0n) is 10.9. The number of nitrogens with zero attached hydrogens (tertiary/aromatic N) is 3. The molecule has 0 aliphatic heterocycles. The molecule has 0 aliphatic rings. The number of halogens is 1. The molecule has 0 saturated heterocycles. The fourth-order valence-electron chi connectivity index (χ4n) is 2.15. The summed E-state index contributed by atoms with van der Waals surface area (Å²) in [6, 6.07) is 6.39. The van der Waals surface area contributed by atoms with Gasteiger partial charge in [0, 0.05) is 12.4 Å². The third-order valence-corrected chi connectivity index (χ3v) is 3.73. The summed E-state index contributed by atoms with van der Waals surface area (Å²) < 4.78 is 2.50. The van der Waals surface area contributed by atoms with Crippen LogP contribution in [0.3, 0.4) is 0 Å². The lowest BCUT2D eigenvalue weighted by Gasteiger charge is -2.18. The molecule has 3 aromatic rings. The number of rotatable bonds is 4. The standard InChI is InChI=1S/C14H13BrN4O2/c15-11-7-17-19-5-4-16-14(13(11)19)18-12(8-20)9-2-1-3-10(21)6-9/h1-7,12,20-21H,8H2,(H,16,18). The number of nitrogens with one attached hydrogen (secondary N) is 1. The summed E-state index contributed by atoms with van der Waals surface area (Å²) in [6.07, 6.45) is 5.06. The lowest BCUT2D eigenvalue weighted by Crippen LogP contribution is -2.16. The third-order valence-electron chi connectivity index (χ3n) is 3.15. The molecular formula is C14H13BrN4O2. The van der Waals surface area contributed by atoms with E-state index in [1.165, 1.54) is 0 Å². The minimum Gasteiger partial charge on any atom is -0.508 e. The number of aliphatic hydroxyl groups is 1. The molecule has 108 valence electrons. The van der Waals surface area contributed by atoms with Crippen molar-refractivity contribution in [2.75, 3.05) is 11.9 Å². The summed E-state index contributed by atoms with van der Waals surface area (Å²) in [7, 11) is 0. The average molecular weight is 349 g/mol. The number of phenolic OH excluding ortho intramolecular Hbond substituents is 1. The highest BCUT2D eigenvalue weighted by atomic mass is 79.9. The third kappa shape index (κ3) is 2.70. The van der Waals surface area contributed by atoms with Crippen molar-refractivity contribution in [2.24, 2.45) is 0 Å². The SMILES string of the molecule is OCC(Nc1nccn2ncc(Br)c12)c1cccc(O)c1. The van der Waals surface area contributed by atoms with Crippen molar-refractivity contribution in [3.8, 4) is 5.75 Å². The minimum atomic E-state index is -0.377. The summed E-state index contributed by atoms with van der Waals surface area (Å²) >= 11 is 3.43. The first-order valence-electron chi connectivity index (χ1n) is 6.33. The molecule has 0 fully saturated rings. The molecule has 0 spiro atoms. The van der Waals surface area contributed by atoms with E-state index in [2.05, 4.69) is 31.3 Å². The second-order valence-electron chi connectivity index (χ2n) is 4.54. The van der Waals surface area contributed by atoms with Crippen molar-refractivity contribution >= 4 is 27.3 Å². The first-order chi connectivity index (χ1) is 10.2. The van der Waals surface area contributed by atoms with Crippen molar-refractivity contribution in [3.05, 3.63) is 52.9 Å². The molecule has 0 aliphatic carbocycles. The minimum absolute atomic E-state index is 0.127. The Balaban J connectivity index is 1.98. The summed E-state index contributed by atoms with van der Waals surface area (Å²) in [4.78, 5) is 4.30. The second kappa shape index (κ2) is 5.71. The zero-order valence-corrected chi connectivity index (χ0v) is 12.5. The molecule has 2 heterocycles. The molecule has 21 heavy (non-hydrogen) atoms. The quantitative estimate of drug-likeness (QED) is 0.674. The number of aliphatic hydroxyl groups excluding tert-OH is 1. The molecule has 0 radical (unpaired) electrons. The Bertz CT molecular complexity index is 775. The Morgan fingerprint density at radius 3 is 3.00 bits per heavy atom. The normalized spacial score (nSPS) is 12.5. The first-order valence-corrected chi connectivity index (χ1v) is 7.12. The van der Waals surface area contributed by atoms with Gasteiger partial charge in [-0.1, -0.05) is 12.1 Å². The van der Waals surface area contributed by atoms with E-state index < -0.39 is 0 Å². The van der Waals surface area contributed by atoms with E-state index in [1.807, 2.05) is 6.07 Å². The van der Waals surface area contributed by atoms with Crippen LogP contribution in [0.4, 0.5) is 5.82 Å². The Morgan fingerprint density at radius 1 is 1.38 bits per heavy atom. The molecular weight excluding hydrogens is 336 g/mol. The van der Waals surface area contributed by atoms with Crippen LogP contribution in [0.2, 0.25) is 0 Å². The van der Waals surface area contributed by atoms with Gasteiger partial charge in [-0.15, -0.1) is 0 Å². The molecule has 1 unspecified atom stereocenters. The van der Waals surface area contributed by atoms with Gasteiger partial charge in [0.2, 0.25) is 0 Å². The van der Waals surface area contributed by atoms with Crippen molar-refractivity contribution < 1.29 is 10.2 Å². The number of hydrogen-bond acceptors (Lipinski definition) is 5. The fourth-order valence-corrected chi connectivity index (χ4v) is 2.62. The van der Waals surface area contributed by atoms with Crippen LogP contribution in [0.15, 0.2) is 47.3 Å². The highest BCUT2D eigenvalue weighted by Gasteiger charge is 2.15. The van der Waals surface area contributed by atoms with Crippen LogP contribution < -0.4 is 5.32 Å². The van der Waals surface area contributed by atoms with Crippen LogP contribution in [0.25, 0.3) is 5.52 Å².